The minimum Gasteiger partial charge on any atom is -0.493 e. The number of nitrogens with zero attached hydrogens (tertiary/aromatic N) is 2. The molecule has 1 heterocycles. The van der Waals surface area contributed by atoms with Gasteiger partial charge in [-0.25, -0.2) is 4.98 Å². The number of aromatic nitrogens is 2. The first-order valence-corrected chi connectivity index (χ1v) is 11.0. The molecule has 0 atom stereocenters. The first-order chi connectivity index (χ1) is 16.0. The highest BCUT2D eigenvalue weighted by Gasteiger charge is 2.17. The fourth-order valence-corrected chi connectivity index (χ4v) is 3.71. The Kier molecular flexibility index (Phi) is 6.83. The van der Waals surface area contributed by atoms with Gasteiger partial charge in [-0.2, -0.15) is 0 Å². The lowest BCUT2D eigenvalue weighted by molar-refractivity contribution is -0.133. The Labute approximate surface area is 192 Å². The monoisotopic (exact) mass is 441 g/mol. The van der Waals surface area contributed by atoms with Gasteiger partial charge in [0, 0.05) is 6.54 Å². The Morgan fingerprint density at radius 1 is 0.939 bits per heavy atom. The highest BCUT2D eigenvalue weighted by atomic mass is 16.5. The van der Waals surface area contributed by atoms with E-state index in [-0.39, 0.29) is 31.0 Å². The van der Waals surface area contributed by atoms with Crippen LogP contribution in [0, 0.1) is 13.8 Å². The summed E-state index contributed by atoms with van der Waals surface area (Å²) in [7, 11) is 0. The van der Waals surface area contributed by atoms with Crippen molar-refractivity contribution in [1.29, 1.82) is 0 Å². The van der Waals surface area contributed by atoms with Crippen LogP contribution < -0.4 is 10.3 Å². The lowest BCUT2D eigenvalue weighted by Gasteiger charge is -2.23. The Hall–Kier alpha value is -3.93. The molecule has 3 aromatic carbocycles. The molecule has 4 rings (SSSR count). The third-order valence-corrected chi connectivity index (χ3v) is 5.70. The van der Waals surface area contributed by atoms with Crippen molar-refractivity contribution in [2.45, 2.75) is 33.4 Å². The number of aryl methyl sites for hydroxylation is 1. The second kappa shape index (κ2) is 10.1. The van der Waals surface area contributed by atoms with Crippen LogP contribution in [0.3, 0.4) is 0 Å². The molecule has 6 nitrogen and oxygen atoms in total. The van der Waals surface area contributed by atoms with Crippen LogP contribution in [0.15, 0.2) is 77.6 Å². The first kappa shape index (κ1) is 22.3. The SMILES string of the molecule is Cc1cccc(OCCC(=O)N(Cc2ccccc2)Cc2nc3ccccc3c(=O)[nH]2)c1C. The summed E-state index contributed by atoms with van der Waals surface area (Å²) >= 11 is 0. The lowest BCUT2D eigenvalue weighted by atomic mass is 10.1. The van der Waals surface area contributed by atoms with Crippen molar-refractivity contribution in [2.75, 3.05) is 6.61 Å². The summed E-state index contributed by atoms with van der Waals surface area (Å²) in [4.78, 5) is 34.7. The van der Waals surface area contributed by atoms with E-state index in [0.717, 1.165) is 22.4 Å². The van der Waals surface area contributed by atoms with Gasteiger partial charge in [0.2, 0.25) is 5.91 Å². The second-order valence-corrected chi connectivity index (χ2v) is 8.06. The molecule has 0 aliphatic rings. The number of aromatic amines is 1. The number of hydrogen-bond donors (Lipinski definition) is 1. The Morgan fingerprint density at radius 3 is 2.52 bits per heavy atom. The minimum absolute atomic E-state index is 0.0695. The number of fused-ring (bicyclic) bond motifs is 1. The van der Waals surface area contributed by atoms with E-state index in [1.54, 1.807) is 23.1 Å². The van der Waals surface area contributed by atoms with Gasteiger partial charge in [-0.15, -0.1) is 0 Å². The van der Waals surface area contributed by atoms with Crippen LogP contribution in [0.4, 0.5) is 0 Å². The maximum atomic E-state index is 13.2. The zero-order chi connectivity index (χ0) is 23.2. The highest BCUT2D eigenvalue weighted by molar-refractivity contribution is 5.78. The quantitative estimate of drug-likeness (QED) is 0.436. The van der Waals surface area contributed by atoms with Crippen LogP contribution >= 0.6 is 0 Å². The first-order valence-electron chi connectivity index (χ1n) is 11.0. The summed E-state index contributed by atoms with van der Waals surface area (Å²) in [5.41, 5.74) is 3.63. The van der Waals surface area contributed by atoms with Crippen LogP contribution in [-0.4, -0.2) is 27.4 Å². The standard InChI is InChI=1S/C27H27N3O3/c1-19-9-8-14-24(20(19)2)33-16-15-26(31)30(17-21-10-4-3-5-11-21)18-25-28-23-13-7-6-12-22(23)27(32)29-25/h3-14H,15-18H2,1-2H3,(H,28,29,32). The smallest absolute Gasteiger partial charge is 0.258 e. The molecule has 4 aromatic rings. The van der Waals surface area contributed by atoms with Gasteiger partial charge in [0.15, 0.2) is 0 Å². The maximum absolute atomic E-state index is 13.2. The number of H-pyrrole nitrogens is 1. The van der Waals surface area contributed by atoms with Gasteiger partial charge >= 0.3 is 0 Å². The van der Waals surface area contributed by atoms with E-state index in [1.165, 1.54) is 0 Å². The van der Waals surface area contributed by atoms with Gasteiger partial charge in [0.25, 0.3) is 5.56 Å². The van der Waals surface area contributed by atoms with Crippen LogP contribution in [-0.2, 0) is 17.9 Å². The van der Waals surface area contributed by atoms with Crippen molar-refractivity contribution in [3.05, 3.63) is 106 Å². The molecule has 0 radical (unpaired) electrons. The molecule has 1 N–H and O–H groups in total. The molecule has 0 spiro atoms. The zero-order valence-corrected chi connectivity index (χ0v) is 18.9. The molecular weight excluding hydrogens is 414 g/mol. The van der Waals surface area contributed by atoms with Gasteiger partial charge < -0.3 is 14.6 Å². The maximum Gasteiger partial charge on any atom is 0.258 e. The molecule has 0 fully saturated rings. The van der Waals surface area contributed by atoms with Gasteiger partial charge in [0.1, 0.15) is 11.6 Å². The number of para-hydroxylation sites is 1. The minimum atomic E-state index is -0.207. The van der Waals surface area contributed by atoms with Crippen LogP contribution in [0.5, 0.6) is 5.75 Å². The molecule has 1 aromatic heterocycles. The van der Waals surface area contributed by atoms with Crippen molar-refractivity contribution >= 4 is 16.8 Å². The van der Waals surface area contributed by atoms with E-state index < -0.39 is 0 Å². The number of carbonyl (C=O) groups excluding carboxylic acids is 1. The number of nitrogens with one attached hydrogen (secondary N) is 1. The summed E-state index contributed by atoms with van der Waals surface area (Å²) in [6.45, 7) is 4.94. The summed E-state index contributed by atoms with van der Waals surface area (Å²) in [6, 6.07) is 22.9. The van der Waals surface area contributed by atoms with E-state index in [0.29, 0.717) is 23.3 Å². The van der Waals surface area contributed by atoms with E-state index >= 15 is 0 Å². The molecule has 0 bridgehead atoms. The number of carbonyl (C=O) groups is 1. The van der Waals surface area contributed by atoms with Crippen molar-refractivity contribution < 1.29 is 9.53 Å². The van der Waals surface area contributed by atoms with Gasteiger partial charge in [0.05, 0.1) is 30.5 Å². The average molecular weight is 442 g/mol. The van der Waals surface area contributed by atoms with Crippen molar-refractivity contribution in [3.63, 3.8) is 0 Å². The molecule has 0 saturated heterocycles. The fraction of sp³-hybridized carbons (Fsp3) is 0.222. The molecule has 0 unspecified atom stereocenters. The van der Waals surface area contributed by atoms with Crippen LogP contribution in [0.2, 0.25) is 0 Å². The zero-order valence-electron chi connectivity index (χ0n) is 18.9. The van der Waals surface area contributed by atoms with Crippen LogP contribution in [0.25, 0.3) is 10.9 Å². The molecule has 168 valence electrons. The Morgan fingerprint density at radius 2 is 1.70 bits per heavy atom. The molecule has 0 aliphatic heterocycles. The number of amides is 1. The molecule has 33 heavy (non-hydrogen) atoms. The predicted octanol–water partition coefficient (Wildman–Crippen LogP) is 4.54. The van der Waals surface area contributed by atoms with Gasteiger partial charge in [-0.3, -0.25) is 9.59 Å². The van der Waals surface area contributed by atoms with Gasteiger partial charge in [-0.05, 0) is 48.7 Å². The molecule has 0 saturated carbocycles. The third kappa shape index (κ3) is 5.47. The summed E-state index contributed by atoms with van der Waals surface area (Å²) in [5.74, 6) is 1.18. The Bertz CT molecular complexity index is 1320. The topological polar surface area (TPSA) is 75.3 Å². The van der Waals surface area contributed by atoms with E-state index in [1.807, 2.05) is 68.4 Å². The summed E-state index contributed by atoms with van der Waals surface area (Å²) in [5, 5.41) is 0.532. The van der Waals surface area contributed by atoms with Crippen LogP contribution in [0.1, 0.15) is 28.9 Å². The third-order valence-electron chi connectivity index (χ3n) is 5.70. The molecule has 1 amide bonds. The normalized spacial score (nSPS) is 10.8. The average Bonchev–Trinajstić information content (AvgIpc) is 2.82. The molecule has 6 heteroatoms. The predicted molar refractivity (Wildman–Crippen MR) is 129 cm³/mol. The summed E-state index contributed by atoms with van der Waals surface area (Å²) < 4.78 is 5.89. The fourth-order valence-electron chi connectivity index (χ4n) is 3.71. The highest BCUT2D eigenvalue weighted by Crippen LogP contribution is 2.21. The van der Waals surface area contributed by atoms with Crippen molar-refractivity contribution in [2.24, 2.45) is 0 Å². The number of ether oxygens (including phenoxy) is 1. The molecular formula is C27H27N3O3. The number of rotatable bonds is 8. The lowest BCUT2D eigenvalue weighted by Crippen LogP contribution is -2.32. The Balaban J connectivity index is 1.51. The largest absolute Gasteiger partial charge is 0.493 e. The molecule has 0 aliphatic carbocycles. The number of hydrogen-bond acceptors (Lipinski definition) is 4. The van der Waals surface area contributed by atoms with Gasteiger partial charge in [-0.1, -0.05) is 54.6 Å². The van der Waals surface area contributed by atoms with E-state index in [4.69, 9.17) is 4.74 Å². The second-order valence-electron chi connectivity index (χ2n) is 8.06. The van der Waals surface area contributed by atoms with E-state index in [9.17, 15) is 9.59 Å². The summed E-state index contributed by atoms with van der Waals surface area (Å²) in [6.07, 6.45) is 0.220. The van der Waals surface area contributed by atoms with E-state index in [2.05, 4.69) is 9.97 Å². The van der Waals surface area contributed by atoms with Crippen molar-refractivity contribution in [3.8, 4) is 5.75 Å². The van der Waals surface area contributed by atoms with Crippen molar-refractivity contribution in [1.82, 2.24) is 14.9 Å². The number of benzene rings is 3.